The lowest BCUT2D eigenvalue weighted by molar-refractivity contribution is -0.225. The molecule has 2 amide bonds. The third-order valence-electron chi connectivity index (χ3n) is 4.60. The van der Waals surface area contributed by atoms with E-state index in [9.17, 15) is 27.6 Å². The molecule has 2 aromatic carbocycles. The molecule has 144 valence electrons. The van der Waals surface area contributed by atoms with Gasteiger partial charge in [-0.15, -0.1) is 0 Å². The van der Waals surface area contributed by atoms with Gasteiger partial charge in [0.15, 0.2) is 0 Å². The Labute approximate surface area is 156 Å². The number of fused-ring (bicyclic) bond motifs is 2. The molecule has 0 fully saturated rings. The van der Waals surface area contributed by atoms with Gasteiger partial charge >= 0.3 is 12.1 Å². The molecule has 0 radical (unpaired) electrons. The van der Waals surface area contributed by atoms with Crippen LogP contribution in [0.1, 0.15) is 26.3 Å². The SMILES string of the molecule is O=C(ON1C(=O)c2ccccc2C1=O)[C@@H]1Cc2ccccc2O[C@H]1C(F)(F)F. The summed E-state index contributed by atoms with van der Waals surface area (Å²) in [5, 5.41) is 0.195. The van der Waals surface area contributed by atoms with Crippen molar-refractivity contribution < 1.29 is 37.1 Å². The van der Waals surface area contributed by atoms with E-state index in [-0.39, 0.29) is 28.4 Å². The van der Waals surface area contributed by atoms with Crippen LogP contribution in [0.5, 0.6) is 5.75 Å². The Morgan fingerprint density at radius 1 is 1.00 bits per heavy atom. The van der Waals surface area contributed by atoms with Crippen molar-refractivity contribution in [2.45, 2.75) is 18.7 Å². The average Bonchev–Trinajstić information content (AvgIpc) is 2.91. The normalized spacial score (nSPS) is 21.0. The standard InChI is InChI=1S/C19H12F3NO5/c20-19(21,22)15-13(9-10-5-1-4-8-14(10)27-15)18(26)28-23-16(24)11-6-2-3-7-12(11)17(23)25/h1-8,13,15H,9H2/t13-,15-/m1/s1. The van der Waals surface area contributed by atoms with Crippen LogP contribution in [-0.4, -0.2) is 35.1 Å². The molecule has 0 spiro atoms. The summed E-state index contributed by atoms with van der Waals surface area (Å²) in [6, 6.07) is 11.8. The quantitative estimate of drug-likeness (QED) is 0.736. The van der Waals surface area contributed by atoms with Gasteiger partial charge in [0.25, 0.3) is 11.8 Å². The van der Waals surface area contributed by atoms with Gasteiger partial charge in [0.05, 0.1) is 11.1 Å². The molecule has 4 rings (SSSR count). The van der Waals surface area contributed by atoms with E-state index in [4.69, 9.17) is 9.57 Å². The van der Waals surface area contributed by atoms with E-state index in [2.05, 4.69) is 0 Å². The van der Waals surface area contributed by atoms with Crippen LogP contribution in [0.4, 0.5) is 13.2 Å². The first-order valence-electron chi connectivity index (χ1n) is 8.28. The number of hydrogen-bond acceptors (Lipinski definition) is 5. The Morgan fingerprint density at radius 2 is 1.57 bits per heavy atom. The van der Waals surface area contributed by atoms with Crippen LogP contribution in [0.15, 0.2) is 48.5 Å². The van der Waals surface area contributed by atoms with Gasteiger partial charge in [-0.3, -0.25) is 9.59 Å². The fraction of sp³-hybridized carbons (Fsp3) is 0.211. The van der Waals surface area contributed by atoms with Crippen LogP contribution >= 0.6 is 0 Å². The molecule has 6 nitrogen and oxygen atoms in total. The van der Waals surface area contributed by atoms with Crippen molar-refractivity contribution in [3.05, 3.63) is 65.2 Å². The molecule has 0 N–H and O–H groups in total. The van der Waals surface area contributed by atoms with Gasteiger partial charge in [0.2, 0.25) is 6.10 Å². The molecule has 2 aliphatic rings. The lowest BCUT2D eigenvalue weighted by Crippen LogP contribution is -2.49. The largest absolute Gasteiger partial charge is 0.480 e. The van der Waals surface area contributed by atoms with Gasteiger partial charge in [0, 0.05) is 0 Å². The fourth-order valence-electron chi connectivity index (χ4n) is 3.26. The number of alkyl halides is 3. The Kier molecular flexibility index (Phi) is 4.10. The highest BCUT2D eigenvalue weighted by atomic mass is 19.4. The Hall–Kier alpha value is -3.36. The van der Waals surface area contributed by atoms with Crippen molar-refractivity contribution in [3.8, 4) is 5.75 Å². The predicted octanol–water partition coefficient (Wildman–Crippen LogP) is 2.92. The van der Waals surface area contributed by atoms with Gasteiger partial charge in [-0.05, 0) is 30.2 Å². The molecule has 2 atom stereocenters. The zero-order valence-corrected chi connectivity index (χ0v) is 14.1. The maximum Gasteiger partial charge on any atom is 0.426 e. The molecule has 9 heteroatoms. The topological polar surface area (TPSA) is 72.9 Å². The van der Waals surface area contributed by atoms with E-state index in [0.717, 1.165) is 0 Å². The van der Waals surface area contributed by atoms with Crippen LogP contribution in [-0.2, 0) is 16.1 Å². The molecule has 0 unspecified atom stereocenters. The highest BCUT2D eigenvalue weighted by Gasteiger charge is 2.53. The molecule has 0 bridgehead atoms. The number of hydroxylamine groups is 2. The summed E-state index contributed by atoms with van der Waals surface area (Å²) in [7, 11) is 0. The molecule has 0 saturated carbocycles. The Morgan fingerprint density at radius 3 is 2.18 bits per heavy atom. The van der Waals surface area contributed by atoms with E-state index >= 15 is 0 Å². The van der Waals surface area contributed by atoms with Crippen molar-refractivity contribution in [2.24, 2.45) is 5.92 Å². The number of para-hydroxylation sites is 1. The molecular formula is C19H12F3NO5. The monoisotopic (exact) mass is 391 g/mol. The molecule has 28 heavy (non-hydrogen) atoms. The van der Waals surface area contributed by atoms with Crippen LogP contribution in [0.3, 0.4) is 0 Å². The van der Waals surface area contributed by atoms with Crippen molar-refractivity contribution in [1.29, 1.82) is 0 Å². The van der Waals surface area contributed by atoms with E-state index < -0.39 is 36.0 Å². The van der Waals surface area contributed by atoms with Crippen LogP contribution < -0.4 is 4.74 Å². The van der Waals surface area contributed by atoms with Crippen molar-refractivity contribution in [2.75, 3.05) is 0 Å². The first kappa shape index (κ1) is 18.0. The predicted molar refractivity (Wildman–Crippen MR) is 87.1 cm³/mol. The lowest BCUT2D eigenvalue weighted by Gasteiger charge is -2.33. The number of amides is 2. The van der Waals surface area contributed by atoms with Crippen molar-refractivity contribution in [3.63, 3.8) is 0 Å². The summed E-state index contributed by atoms with van der Waals surface area (Å²) in [5.41, 5.74) is 0.420. The number of rotatable bonds is 2. The van der Waals surface area contributed by atoms with E-state index in [1.54, 1.807) is 6.07 Å². The van der Waals surface area contributed by atoms with E-state index in [1.807, 2.05) is 0 Å². The van der Waals surface area contributed by atoms with Crippen molar-refractivity contribution >= 4 is 17.8 Å². The third kappa shape index (κ3) is 2.88. The second kappa shape index (κ2) is 6.36. The second-order valence-electron chi connectivity index (χ2n) is 6.36. The number of ether oxygens (including phenoxy) is 1. The minimum absolute atomic E-state index is 0.0120. The number of carbonyl (C=O) groups excluding carboxylic acids is 3. The zero-order chi connectivity index (χ0) is 20.1. The number of halogens is 3. The highest BCUT2D eigenvalue weighted by molar-refractivity contribution is 6.20. The summed E-state index contributed by atoms with van der Waals surface area (Å²) < 4.78 is 45.3. The van der Waals surface area contributed by atoms with Crippen LogP contribution in [0.2, 0.25) is 0 Å². The van der Waals surface area contributed by atoms with E-state index in [1.165, 1.54) is 42.5 Å². The first-order valence-corrected chi connectivity index (χ1v) is 8.28. The molecular weight excluding hydrogens is 379 g/mol. The lowest BCUT2D eigenvalue weighted by atomic mass is 9.90. The van der Waals surface area contributed by atoms with Crippen LogP contribution in [0.25, 0.3) is 0 Å². The molecule has 0 aliphatic carbocycles. The number of benzene rings is 2. The summed E-state index contributed by atoms with van der Waals surface area (Å²) in [6.45, 7) is 0. The minimum atomic E-state index is -4.85. The fourth-order valence-corrected chi connectivity index (χ4v) is 3.26. The summed E-state index contributed by atoms with van der Waals surface area (Å²) in [4.78, 5) is 41.9. The molecule has 2 aromatic rings. The number of imide groups is 1. The van der Waals surface area contributed by atoms with Crippen molar-refractivity contribution in [1.82, 2.24) is 5.06 Å². The second-order valence-corrected chi connectivity index (χ2v) is 6.36. The smallest absolute Gasteiger partial charge is 0.426 e. The molecule has 2 aliphatic heterocycles. The molecule has 2 heterocycles. The summed E-state index contributed by atoms with van der Waals surface area (Å²) in [5.74, 6) is -4.93. The van der Waals surface area contributed by atoms with Gasteiger partial charge in [-0.25, -0.2) is 4.79 Å². The summed E-state index contributed by atoms with van der Waals surface area (Å²) >= 11 is 0. The number of carbonyl (C=O) groups is 3. The molecule has 0 saturated heterocycles. The third-order valence-corrected chi connectivity index (χ3v) is 4.60. The Bertz CT molecular complexity index is 953. The highest BCUT2D eigenvalue weighted by Crippen LogP contribution is 2.39. The average molecular weight is 391 g/mol. The number of hydrogen-bond donors (Lipinski definition) is 0. The van der Waals surface area contributed by atoms with Gasteiger partial charge < -0.3 is 9.57 Å². The number of nitrogens with zero attached hydrogens (tertiary/aromatic N) is 1. The first-order chi connectivity index (χ1) is 13.3. The maximum atomic E-state index is 13.4. The van der Waals surface area contributed by atoms with Gasteiger partial charge in [-0.2, -0.15) is 13.2 Å². The zero-order valence-electron chi connectivity index (χ0n) is 14.1. The maximum absolute atomic E-state index is 13.4. The summed E-state index contributed by atoms with van der Waals surface area (Å²) in [6.07, 6.45) is -7.60. The van der Waals surface area contributed by atoms with Crippen LogP contribution in [0, 0.1) is 5.92 Å². The van der Waals surface area contributed by atoms with Gasteiger partial charge in [0.1, 0.15) is 11.7 Å². The molecule has 0 aromatic heterocycles. The van der Waals surface area contributed by atoms with E-state index in [0.29, 0.717) is 5.56 Å². The Balaban J connectivity index is 1.60. The van der Waals surface area contributed by atoms with Gasteiger partial charge in [-0.1, -0.05) is 35.4 Å². The minimum Gasteiger partial charge on any atom is -0.480 e.